The van der Waals surface area contributed by atoms with E-state index in [0.717, 1.165) is 52.6 Å². The predicted molar refractivity (Wildman–Crippen MR) is 132 cm³/mol. The molecule has 3 rings (SSSR count). The minimum absolute atomic E-state index is 0. The van der Waals surface area contributed by atoms with Crippen LogP contribution in [0.15, 0.2) is 23.1 Å². The van der Waals surface area contributed by atoms with Gasteiger partial charge in [0.15, 0.2) is 5.82 Å². The molecule has 0 saturated heterocycles. The largest absolute Gasteiger partial charge is 0.444 e. The third-order valence-electron chi connectivity index (χ3n) is 4.26. The van der Waals surface area contributed by atoms with Crippen LogP contribution in [0.5, 0.6) is 0 Å². The number of unbranched alkanes of at least 4 members (excludes halogenated alkanes) is 1. The van der Waals surface area contributed by atoms with Crippen molar-refractivity contribution in [3.05, 3.63) is 24.0 Å². The van der Waals surface area contributed by atoms with Gasteiger partial charge in [0, 0.05) is 20.8 Å². The third-order valence-corrected chi connectivity index (χ3v) is 4.98. The van der Waals surface area contributed by atoms with Crippen LogP contribution in [0.3, 0.4) is 0 Å². The third kappa shape index (κ3) is 6.72. The number of hydrogen-bond acceptors (Lipinski definition) is 7. The maximum absolute atomic E-state index is 11.7. The number of anilines is 1. The molecule has 0 aliphatic heterocycles. The molecule has 0 radical (unpaired) electrons. The topological polar surface area (TPSA) is 93.4 Å². The van der Waals surface area contributed by atoms with E-state index < -0.39 is 5.60 Å². The Bertz CT molecular complexity index is 1020. The number of nitrogens with one attached hydrogen (secondary N) is 2. The second-order valence-electron chi connectivity index (χ2n) is 7.78. The summed E-state index contributed by atoms with van der Waals surface area (Å²) in [5, 5.41) is 14.7. The van der Waals surface area contributed by atoms with Gasteiger partial charge in [-0.2, -0.15) is 0 Å². The summed E-state index contributed by atoms with van der Waals surface area (Å²) in [5.41, 5.74) is 2.14. The number of amides is 1. The van der Waals surface area contributed by atoms with Crippen LogP contribution in [0.25, 0.3) is 16.7 Å². The first kappa shape index (κ1) is 24.7. The van der Waals surface area contributed by atoms with Gasteiger partial charge in [-0.25, -0.2) is 9.78 Å². The molecule has 0 saturated carbocycles. The van der Waals surface area contributed by atoms with Crippen molar-refractivity contribution in [1.29, 1.82) is 0 Å². The zero-order chi connectivity index (χ0) is 23.0. The second kappa shape index (κ2) is 11.2. The monoisotopic (exact) mass is 450 g/mol. The maximum atomic E-state index is 11.7. The Morgan fingerprint density at radius 1 is 1.19 bits per heavy atom. The van der Waals surface area contributed by atoms with Crippen LogP contribution in [0.2, 0.25) is 0 Å². The van der Waals surface area contributed by atoms with Crippen molar-refractivity contribution in [2.45, 2.75) is 64.9 Å². The number of aromatic nitrogens is 4. The fourth-order valence-corrected chi connectivity index (χ4v) is 3.40. The van der Waals surface area contributed by atoms with E-state index in [1.807, 2.05) is 52.2 Å². The Kier molecular flexibility index (Phi) is 8.91. The molecule has 8 nitrogen and oxygen atoms in total. The number of benzene rings is 1. The van der Waals surface area contributed by atoms with Crippen molar-refractivity contribution < 1.29 is 12.4 Å². The van der Waals surface area contributed by atoms with E-state index in [2.05, 4.69) is 39.0 Å². The first-order chi connectivity index (χ1) is 14.8. The number of ether oxygens (including phenoxy) is 1. The summed E-state index contributed by atoms with van der Waals surface area (Å²) in [4.78, 5) is 17.6. The van der Waals surface area contributed by atoms with Crippen LogP contribution < -0.4 is 10.6 Å². The molecule has 0 aliphatic rings. The summed E-state index contributed by atoms with van der Waals surface area (Å²) < 4.78 is 7.26. The van der Waals surface area contributed by atoms with Gasteiger partial charge in [-0.1, -0.05) is 13.8 Å². The SMILES string of the molecule is CC.CSc1ccc2c(c1)nc(NCCCCNC(=O)OC(C)(C)C)c1nnc(C)n12.[HH].[HH]. The molecule has 2 heterocycles. The minimum atomic E-state index is -0.481. The van der Waals surface area contributed by atoms with Gasteiger partial charge in [0.05, 0.1) is 11.0 Å². The number of aryl methyl sites for hydroxylation is 1. The van der Waals surface area contributed by atoms with Gasteiger partial charge < -0.3 is 15.4 Å². The van der Waals surface area contributed by atoms with Gasteiger partial charge in [-0.05, 0) is 65.0 Å². The van der Waals surface area contributed by atoms with Gasteiger partial charge in [-0.3, -0.25) is 4.40 Å². The summed E-state index contributed by atoms with van der Waals surface area (Å²) in [6, 6.07) is 6.22. The number of alkyl carbamates (subject to hydrolysis) is 1. The quantitative estimate of drug-likeness (QED) is 0.360. The fourth-order valence-electron chi connectivity index (χ4n) is 2.96. The molecule has 0 bridgehead atoms. The average Bonchev–Trinajstić information content (AvgIpc) is 3.12. The first-order valence-electron chi connectivity index (χ1n) is 10.7. The number of fused-ring (bicyclic) bond motifs is 3. The lowest BCUT2D eigenvalue weighted by Gasteiger charge is -2.19. The molecule has 31 heavy (non-hydrogen) atoms. The fraction of sp³-hybridized carbons (Fsp3) is 0.545. The van der Waals surface area contributed by atoms with E-state index in [9.17, 15) is 4.79 Å². The molecule has 1 amide bonds. The highest BCUT2D eigenvalue weighted by atomic mass is 32.2. The number of nitrogens with zero attached hydrogens (tertiary/aromatic N) is 4. The molecular weight excluding hydrogens is 412 g/mol. The molecule has 1 aromatic carbocycles. The summed E-state index contributed by atoms with van der Waals surface area (Å²) >= 11 is 1.69. The molecule has 0 atom stereocenters. The summed E-state index contributed by atoms with van der Waals surface area (Å²) in [6.45, 7) is 12.8. The van der Waals surface area contributed by atoms with Crippen LogP contribution in [-0.4, -0.2) is 50.6 Å². The molecule has 2 aromatic heterocycles. The Hall–Kier alpha value is -2.55. The lowest BCUT2D eigenvalue weighted by molar-refractivity contribution is 0.0527. The van der Waals surface area contributed by atoms with E-state index in [0.29, 0.717) is 6.54 Å². The molecule has 0 aliphatic carbocycles. The van der Waals surface area contributed by atoms with Gasteiger partial charge in [0.25, 0.3) is 0 Å². The minimum Gasteiger partial charge on any atom is -0.444 e. The average molecular weight is 451 g/mol. The van der Waals surface area contributed by atoms with Gasteiger partial charge >= 0.3 is 6.09 Å². The Labute approximate surface area is 191 Å². The van der Waals surface area contributed by atoms with E-state index in [-0.39, 0.29) is 8.95 Å². The van der Waals surface area contributed by atoms with E-state index in [1.165, 1.54) is 0 Å². The van der Waals surface area contributed by atoms with Crippen LogP contribution in [0.1, 0.15) is 56.1 Å². The molecule has 3 aromatic rings. The van der Waals surface area contributed by atoms with Crippen molar-refractivity contribution in [3.63, 3.8) is 0 Å². The Balaban J connectivity index is 0.00000249. The smallest absolute Gasteiger partial charge is 0.407 e. The van der Waals surface area contributed by atoms with Crippen LogP contribution in [-0.2, 0) is 4.74 Å². The van der Waals surface area contributed by atoms with Gasteiger partial charge in [0.2, 0.25) is 5.65 Å². The lowest BCUT2D eigenvalue weighted by atomic mass is 10.2. The number of carbonyl (C=O) groups excluding carboxylic acids is 1. The first-order valence-corrected chi connectivity index (χ1v) is 11.9. The number of carbonyl (C=O) groups is 1. The summed E-state index contributed by atoms with van der Waals surface area (Å²) in [6.07, 6.45) is 3.37. The van der Waals surface area contributed by atoms with Crippen molar-refractivity contribution in [2.75, 3.05) is 24.7 Å². The van der Waals surface area contributed by atoms with Gasteiger partial charge in [0.1, 0.15) is 11.4 Å². The highest BCUT2D eigenvalue weighted by Gasteiger charge is 2.15. The van der Waals surface area contributed by atoms with Crippen LogP contribution in [0, 0.1) is 6.92 Å². The van der Waals surface area contributed by atoms with Crippen molar-refractivity contribution in [3.8, 4) is 0 Å². The molecule has 2 N–H and O–H groups in total. The van der Waals surface area contributed by atoms with E-state index >= 15 is 0 Å². The van der Waals surface area contributed by atoms with Crippen molar-refractivity contribution in [2.24, 2.45) is 0 Å². The zero-order valence-electron chi connectivity index (χ0n) is 19.6. The molecule has 0 unspecified atom stereocenters. The summed E-state index contributed by atoms with van der Waals surface area (Å²) in [5.74, 6) is 1.55. The standard InChI is InChI=1S/C20H28N6O2S.C2H6.2H2/c1-13-24-25-18-17(21-10-6-7-11-22-19(27)28-20(2,3)4)23-15-12-14(29-5)8-9-16(15)26(13)18;1-2;;/h8-9,12H,6-7,10-11H2,1-5H3,(H,21,23)(H,22,27);1-2H3;2*1H. The molecule has 9 heteroatoms. The van der Waals surface area contributed by atoms with Crippen molar-refractivity contribution in [1.82, 2.24) is 24.9 Å². The Morgan fingerprint density at radius 2 is 1.90 bits per heavy atom. The van der Waals surface area contributed by atoms with E-state index in [4.69, 9.17) is 9.72 Å². The summed E-state index contributed by atoms with van der Waals surface area (Å²) in [7, 11) is 0. The predicted octanol–water partition coefficient (Wildman–Crippen LogP) is 5.54. The van der Waals surface area contributed by atoms with Crippen LogP contribution >= 0.6 is 11.8 Å². The Morgan fingerprint density at radius 3 is 2.58 bits per heavy atom. The highest BCUT2D eigenvalue weighted by Crippen LogP contribution is 2.25. The highest BCUT2D eigenvalue weighted by molar-refractivity contribution is 7.98. The normalized spacial score (nSPS) is 11.2. The number of rotatable bonds is 7. The number of thioether (sulfide) groups is 1. The van der Waals surface area contributed by atoms with Crippen molar-refractivity contribution >= 4 is 40.4 Å². The molecular formula is C22H38N6O2S. The molecule has 0 spiro atoms. The van der Waals surface area contributed by atoms with E-state index in [1.54, 1.807) is 11.8 Å². The van der Waals surface area contributed by atoms with Crippen LogP contribution in [0.4, 0.5) is 10.6 Å². The number of hydrogen-bond donors (Lipinski definition) is 2. The second-order valence-corrected chi connectivity index (χ2v) is 8.66. The molecule has 174 valence electrons. The molecule has 0 fully saturated rings. The zero-order valence-corrected chi connectivity index (χ0v) is 20.4. The lowest BCUT2D eigenvalue weighted by Crippen LogP contribution is -2.33. The van der Waals surface area contributed by atoms with Gasteiger partial charge in [-0.15, -0.1) is 22.0 Å². The maximum Gasteiger partial charge on any atom is 0.407 e.